The predicted octanol–water partition coefficient (Wildman–Crippen LogP) is 1.03. The van der Waals surface area contributed by atoms with Crippen LogP contribution in [-0.2, 0) is 9.08 Å². The number of rotatable bonds is 0. The van der Waals surface area contributed by atoms with E-state index in [2.05, 4.69) is 44.3 Å². The first-order valence-electron chi connectivity index (χ1n) is 2.85. The highest BCUT2D eigenvalue weighted by atomic mass is 35.5. The zero-order valence-electron chi connectivity index (χ0n) is 7.14. The molecule has 0 radical (unpaired) electrons. The first-order valence-corrected chi connectivity index (χ1v) is 3.16. The molecule has 0 N–H and O–H groups in total. The molecule has 0 amide bonds. The molecule has 0 saturated carbocycles. The predicted molar refractivity (Wildman–Crippen MR) is 41.6 cm³/mol. The highest BCUT2D eigenvalue weighted by Crippen LogP contribution is 1.75. The smallest absolute Gasteiger partial charge is 0.321 e. The van der Waals surface area contributed by atoms with Crippen LogP contribution in [0.1, 0.15) is 6.92 Å². The van der Waals surface area contributed by atoms with Crippen LogP contribution in [0.25, 0.3) is 0 Å². The molecule has 0 aliphatic rings. The van der Waals surface area contributed by atoms with E-state index < -0.39 is 5.97 Å². The summed E-state index contributed by atoms with van der Waals surface area (Å²) < 4.78 is 4.58. The van der Waals surface area contributed by atoms with Gasteiger partial charge in [0.05, 0.1) is 28.2 Å². The van der Waals surface area contributed by atoms with Gasteiger partial charge in [0.15, 0.2) is 0 Å². The highest BCUT2D eigenvalue weighted by Gasteiger charge is 1.88. The van der Waals surface area contributed by atoms with Crippen molar-refractivity contribution in [1.29, 1.82) is 0 Å². The lowest BCUT2D eigenvalue weighted by Crippen LogP contribution is -2.27. The molecule has 10 heavy (non-hydrogen) atoms. The number of nitrogens with zero attached hydrogens (tertiary/aromatic N) is 1. The van der Waals surface area contributed by atoms with Crippen molar-refractivity contribution in [2.75, 3.05) is 28.2 Å². The standard InChI is InChI=1S/C4H12N.C2H3ClO2/c1-5(2,3)4;1-2(4)5-3/h1-4H3;1H3/q+1;. The average Bonchev–Trinajstić information content (AvgIpc) is 1.61. The van der Waals surface area contributed by atoms with Crippen LogP contribution < -0.4 is 0 Å². The zero-order valence-corrected chi connectivity index (χ0v) is 7.90. The summed E-state index contributed by atoms with van der Waals surface area (Å²) in [5.41, 5.74) is 0. The van der Waals surface area contributed by atoms with Crippen molar-refractivity contribution in [3.05, 3.63) is 0 Å². The second-order valence-electron chi connectivity index (χ2n) is 3.25. The third-order valence-corrected chi connectivity index (χ3v) is 0.326. The maximum atomic E-state index is 9.46. The molecule has 0 fully saturated rings. The summed E-state index contributed by atoms with van der Waals surface area (Å²) in [5, 5.41) is 0. The van der Waals surface area contributed by atoms with Crippen LogP contribution in [-0.4, -0.2) is 38.6 Å². The number of carbonyl (C=O) groups excluding carboxylic acids is 1. The molecule has 62 valence electrons. The molecule has 0 unspecified atom stereocenters. The maximum Gasteiger partial charge on any atom is 0.321 e. The molecule has 0 bridgehead atoms. The summed E-state index contributed by atoms with van der Waals surface area (Å²) in [4.78, 5) is 9.46. The van der Waals surface area contributed by atoms with E-state index in [-0.39, 0.29) is 0 Å². The van der Waals surface area contributed by atoms with Gasteiger partial charge in [-0.05, 0) is 0 Å². The molecule has 0 rings (SSSR count). The molecular weight excluding hydrogens is 154 g/mol. The zero-order chi connectivity index (χ0) is 8.78. The Labute approximate surface area is 67.3 Å². The Morgan fingerprint density at radius 3 is 1.40 bits per heavy atom. The van der Waals surface area contributed by atoms with E-state index in [0.717, 1.165) is 4.48 Å². The minimum atomic E-state index is -0.480. The largest absolute Gasteiger partial charge is 0.348 e. The summed E-state index contributed by atoms with van der Waals surface area (Å²) in [6, 6.07) is 0. The molecule has 0 saturated heterocycles. The molecule has 0 aromatic heterocycles. The van der Waals surface area contributed by atoms with Gasteiger partial charge in [0, 0.05) is 6.92 Å². The lowest BCUT2D eigenvalue weighted by molar-refractivity contribution is -0.849. The molecule has 3 nitrogen and oxygen atoms in total. The monoisotopic (exact) mass is 168 g/mol. The van der Waals surface area contributed by atoms with Crippen molar-refractivity contribution < 1.29 is 13.6 Å². The Morgan fingerprint density at radius 2 is 1.40 bits per heavy atom. The third-order valence-electron chi connectivity index (χ3n) is 0.109. The van der Waals surface area contributed by atoms with Gasteiger partial charge in [-0.15, -0.1) is 0 Å². The normalized spacial score (nSPS) is 9.40. The second kappa shape index (κ2) is 5.50. The summed E-state index contributed by atoms with van der Waals surface area (Å²) in [6.45, 7) is 1.23. The van der Waals surface area contributed by atoms with Crippen molar-refractivity contribution in [3.63, 3.8) is 0 Å². The van der Waals surface area contributed by atoms with Gasteiger partial charge in [0.25, 0.3) is 0 Å². The van der Waals surface area contributed by atoms with Gasteiger partial charge in [0.1, 0.15) is 11.9 Å². The fourth-order valence-corrected chi connectivity index (χ4v) is 0. The number of carbonyl (C=O) groups is 1. The van der Waals surface area contributed by atoms with Crippen molar-refractivity contribution in [3.8, 4) is 0 Å². The molecule has 0 aliphatic carbocycles. The minimum absolute atomic E-state index is 0.480. The van der Waals surface area contributed by atoms with Gasteiger partial charge < -0.3 is 8.77 Å². The number of hydrogen-bond donors (Lipinski definition) is 0. The van der Waals surface area contributed by atoms with E-state index in [1.807, 2.05) is 0 Å². The topological polar surface area (TPSA) is 26.3 Å². The molecule has 0 aliphatic heterocycles. The molecule has 0 spiro atoms. The van der Waals surface area contributed by atoms with Crippen molar-refractivity contribution in [2.24, 2.45) is 0 Å². The second-order valence-corrected chi connectivity index (χ2v) is 3.41. The van der Waals surface area contributed by atoms with E-state index in [0.29, 0.717) is 0 Å². The SMILES string of the molecule is CC(=O)OCl.C[N+](C)(C)C. The van der Waals surface area contributed by atoms with E-state index in [9.17, 15) is 4.79 Å². The lowest BCUT2D eigenvalue weighted by atomic mass is 10.8. The quantitative estimate of drug-likeness (QED) is 0.505. The third kappa shape index (κ3) is 118. The number of halogens is 1. The molecule has 0 atom stereocenters. The molecule has 0 aromatic rings. The van der Waals surface area contributed by atoms with Crippen LogP contribution in [0.5, 0.6) is 0 Å². The molecule has 0 heterocycles. The summed E-state index contributed by atoms with van der Waals surface area (Å²) >= 11 is 4.49. The van der Waals surface area contributed by atoms with E-state index in [1.165, 1.54) is 6.92 Å². The molecule has 0 aromatic carbocycles. The Balaban J connectivity index is 0. The van der Waals surface area contributed by atoms with Crippen molar-refractivity contribution in [1.82, 2.24) is 0 Å². The molecule has 4 heteroatoms. The Morgan fingerprint density at radius 1 is 1.30 bits per heavy atom. The van der Waals surface area contributed by atoms with Crippen molar-refractivity contribution >= 4 is 17.8 Å². The van der Waals surface area contributed by atoms with Gasteiger partial charge in [-0.25, -0.2) is 0 Å². The van der Waals surface area contributed by atoms with Crippen LogP contribution in [0, 0.1) is 0 Å². The molecular formula is C6H15ClNO2+. The summed E-state index contributed by atoms with van der Waals surface area (Å²) in [7, 11) is 8.50. The minimum Gasteiger partial charge on any atom is -0.348 e. The Hall–Kier alpha value is -0.280. The van der Waals surface area contributed by atoms with Crippen LogP contribution in [0.2, 0.25) is 0 Å². The van der Waals surface area contributed by atoms with Gasteiger partial charge in [0.2, 0.25) is 0 Å². The first-order chi connectivity index (χ1) is 4.27. The summed E-state index contributed by atoms with van der Waals surface area (Å²) in [6.07, 6.45) is 0. The number of hydrogen-bond acceptors (Lipinski definition) is 2. The van der Waals surface area contributed by atoms with Crippen LogP contribution >= 0.6 is 11.9 Å². The lowest BCUT2D eigenvalue weighted by Gasteiger charge is -2.14. The van der Waals surface area contributed by atoms with Crippen LogP contribution in [0.3, 0.4) is 0 Å². The van der Waals surface area contributed by atoms with Gasteiger partial charge in [-0.1, -0.05) is 0 Å². The Kier molecular flexibility index (Phi) is 6.82. The maximum absolute atomic E-state index is 9.46. The fraction of sp³-hybridized carbons (Fsp3) is 0.833. The van der Waals surface area contributed by atoms with E-state index in [4.69, 9.17) is 0 Å². The van der Waals surface area contributed by atoms with Crippen LogP contribution in [0.4, 0.5) is 0 Å². The van der Waals surface area contributed by atoms with Crippen LogP contribution in [0.15, 0.2) is 0 Å². The van der Waals surface area contributed by atoms with E-state index >= 15 is 0 Å². The van der Waals surface area contributed by atoms with Gasteiger partial charge in [-0.2, -0.15) is 0 Å². The Bertz CT molecular complexity index is 92.4. The number of quaternary nitrogens is 1. The van der Waals surface area contributed by atoms with Gasteiger partial charge >= 0.3 is 5.97 Å². The van der Waals surface area contributed by atoms with Gasteiger partial charge in [-0.3, -0.25) is 4.79 Å². The van der Waals surface area contributed by atoms with Crippen molar-refractivity contribution in [2.45, 2.75) is 6.92 Å². The summed E-state index contributed by atoms with van der Waals surface area (Å²) in [5.74, 6) is -0.480. The average molecular weight is 169 g/mol. The van der Waals surface area contributed by atoms with E-state index in [1.54, 1.807) is 0 Å². The first kappa shape index (κ1) is 12.4. The fourth-order valence-electron chi connectivity index (χ4n) is 0. The highest BCUT2D eigenvalue weighted by molar-refractivity contribution is 6.12.